The monoisotopic (exact) mass is 424 g/mol. The van der Waals surface area contributed by atoms with Crippen LogP contribution in [0, 0.1) is 0 Å². The fourth-order valence-corrected chi connectivity index (χ4v) is 3.58. The summed E-state index contributed by atoms with van der Waals surface area (Å²) in [5, 5.41) is 7.95. The van der Waals surface area contributed by atoms with Crippen LogP contribution in [0.1, 0.15) is 29.7 Å². The predicted octanol–water partition coefficient (Wildman–Crippen LogP) is 3.18. The molecule has 0 fully saturated rings. The van der Waals surface area contributed by atoms with Crippen LogP contribution in [-0.4, -0.2) is 20.9 Å². The number of carbonyl (C=O) groups excluding carboxylic acids is 1. The lowest BCUT2D eigenvalue weighted by Gasteiger charge is -2.16. The summed E-state index contributed by atoms with van der Waals surface area (Å²) < 4.78 is 28.5. The van der Waals surface area contributed by atoms with E-state index >= 15 is 0 Å². The summed E-state index contributed by atoms with van der Waals surface area (Å²) in [7, 11) is -3.74. The van der Waals surface area contributed by atoms with Crippen LogP contribution in [-0.2, 0) is 21.2 Å². The van der Waals surface area contributed by atoms with E-state index in [-0.39, 0.29) is 23.5 Å². The Hall–Kier alpha value is -3.16. The van der Waals surface area contributed by atoms with Crippen LogP contribution in [0.15, 0.2) is 83.8 Å². The van der Waals surface area contributed by atoms with Crippen molar-refractivity contribution in [2.45, 2.75) is 24.3 Å². The molecule has 0 aromatic heterocycles. The summed E-state index contributed by atoms with van der Waals surface area (Å²) in [6.07, 6.45) is 0.714. The highest BCUT2D eigenvalue weighted by atomic mass is 32.2. The minimum atomic E-state index is -3.74. The van der Waals surface area contributed by atoms with Gasteiger partial charge in [-0.05, 0) is 41.8 Å². The second-order valence-corrected chi connectivity index (χ2v) is 8.52. The van der Waals surface area contributed by atoms with Gasteiger partial charge in [0.1, 0.15) is 5.75 Å². The molecule has 0 aliphatic rings. The first-order valence-corrected chi connectivity index (χ1v) is 11.0. The molecule has 30 heavy (non-hydrogen) atoms. The molecular formula is C23H24N2O4S. The second-order valence-electron chi connectivity index (χ2n) is 6.96. The van der Waals surface area contributed by atoms with E-state index in [1.165, 1.54) is 12.1 Å². The summed E-state index contributed by atoms with van der Waals surface area (Å²) in [6.45, 7) is 1.69. The molecule has 1 amide bonds. The molecule has 0 saturated carbocycles. The first kappa shape index (κ1) is 21.5. The molecule has 0 spiro atoms. The van der Waals surface area contributed by atoms with E-state index in [0.29, 0.717) is 12.2 Å². The molecule has 0 heterocycles. The summed E-state index contributed by atoms with van der Waals surface area (Å²) in [4.78, 5) is 12.4. The lowest BCUT2D eigenvalue weighted by atomic mass is 10.0. The fourth-order valence-electron chi connectivity index (χ4n) is 3.06. The van der Waals surface area contributed by atoms with Crippen molar-refractivity contribution < 1.29 is 17.9 Å². The summed E-state index contributed by atoms with van der Waals surface area (Å²) >= 11 is 0. The highest BCUT2D eigenvalue weighted by molar-refractivity contribution is 7.89. The van der Waals surface area contributed by atoms with Crippen LogP contribution < -0.4 is 15.2 Å². The molecule has 6 nitrogen and oxygen atoms in total. The third-order valence-electron chi connectivity index (χ3n) is 4.65. The first-order chi connectivity index (χ1) is 14.3. The van der Waals surface area contributed by atoms with Gasteiger partial charge >= 0.3 is 0 Å². The third kappa shape index (κ3) is 5.92. The number of amides is 1. The van der Waals surface area contributed by atoms with Crippen molar-refractivity contribution >= 4 is 15.9 Å². The SMILES string of the molecule is CC(NC(=O)COc1ccccc1Cc1ccccc1)c1ccc(S(N)(=O)=O)cc1. The Morgan fingerprint density at radius 3 is 2.27 bits per heavy atom. The molecular weight excluding hydrogens is 400 g/mol. The maximum atomic E-state index is 12.3. The van der Waals surface area contributed by atoms with Crippen LogP contribution in [0.5, 0.6) is 5.75 Å². The minimum Gasteiger partial charge on any atom is -0.483 e. The number of hydrogen-bond donors (Lipinski definition) is 2. The minimum absolute atomic E-state index is 0.0307. The van der Waals surface area contributed by atoms with Crippen LogP contribution >= 0.6 is 0 Å². The zero-order chi connectivity index (χ0) is 21.6. The fraction of sp³-hybridized carbons (Fsp3) is 0.174. The molecule has 156 valence electrons. The standard InChI is InChI=1S/C23H24N2O4S/c1-17(19-11-13-21(14-12-19)30(24,27)28)25-23(26)16-29-22-10-6-5-9-20(22)15-18-7-3-2-4-8-18/h2-14,17H,15-16H2,1H3,(H,25,26)(H2,24,27,28). The molecule has 7 heteroatoms. The molecule has 3 aromatic rings. The number of nitrogens with one attached hydrogen (secondary N) is 1. The lowest BCUT2D eigenvalue weighted by Crippen LogP contribution is -2.31. The maximum Gasteiger partial charge on any atom is 0.258 e. The van der Waals surface area contributed by atoms with E-state index in [1.54, 1.807) is 12.1 Å². The number of carbonyl (C=O) groups is 1. The van der Waals surface area contributed by atoms with Gasteiger partial charge in [-0.3, -0.25) is 4.79 Å². The van der Waals surface area contributed by atoms with Gasteiger partial charge in [-0.2, -0.15) is 0 Å². The third-order valence-corrected chi connectivity index (χ3v) is 5.58. The van der Waals surface area contributed by atoms with E-state index in [2.05, 4.69) is 5.32 Å². The van der Waals surface area contributed by atoms with Crippen LogP contribution in [0.25, 0.3) is 0 Å². The molecule has 0 aliphatic carbocycles. The Morgan fingerprint density at radius 2 is 1.60 bits per heavy atom. The maximum absolute atomic E-state index is 12.3. The van der Waals surface area contributed by atoms with Crippen molar-refractivity contribution in [3.63, 3.8) is 0 Å². The highest BCUT2D eigenvalue weighted by Gasteiger charge is 2.13. The predicted molar refractivity (Wildman–Crippen MR) is 116 cm³/mol. The molecule has 1 unspecified atom stereocenters. The molecule has 0 aliphatic heterocycles. The molecule has 3 rings (SSSR count). The van der Waals surface area contributed by atoms with Crippen molar-refractivity contribution in [3.05, 3.63) is 95.6 Å². The Bertz CT molecular complexity index is 1100. The van der Waals surface area contributed by atoms with E-state index in [1.807, 2.05) is 61.5 Å². The van der Waals surface area contributed by atoms with E-state index in [0.717, 1.165) is 16.7 Å². The first-order valence-electron chi connectivity index (χ1n) is 9.49. The van der Waals surface area contributed by atoms with Crippen LogP contribution in [0.2, 0.25) is 0 Å². The van der Waals surface area contributed by atoms with Crippen molar-refractivity contribution in [2.75, 3.05) is 6.61 Å². The average molecular weight is 425 g/mol. The van der Waals surface area contributed by atoms with Crippen molar-refractivity contribution in [3.8, 4) is 5.75 Å². The van der Waals surface area contributed by atoms with Crippen molar-refractivity contribution in [2.24, 2.45) is 5.14 Å². The van der Waals surface area contributed by atoms with Gasteiger partial charge in [0.2, 0.25) is 10.0 Å². The number of para-hydroxylation sites is 1. The topological polar surface area (TPSA) is 98.5 Å². The Labute approximate surface area is 176 Å². The quantitative estimate of drug-likeness (QED) is 0.580. The molecule has 0 radical (unpaired) electrons. The number of primary sulfonamides is 1. The number of rotatable bonds is 8. The average Bonchev–Trinajstić information content (AvgIpc) is 2.73. The number of ether oxygens (including phenoxy) is 1. The Morgan fingerprint density at radius 1 is 0.967 bits per heavy atom. The molecule has 3 aromatic carbocycles. The van der Waals surface area contributed by atoms with Crippen LogP contribution in [0.3, 0.4) is 0 Å². The van der Waals surface area contributed by atoms with E-state index < -0.39 is 10.0 Å². The lowest BCUT2D eigenvalue weighted by molar-refractivity contribution is -0.123. The molecule has 0 bridgehead atoms. The van der Waals surface area contributed by atoms with Crippen molar-refractivity contribution in [1.82, 2.24) is 5.32 Å². The Kier molecular flexibility index (Phi) is 6.87. The molecule has 0 saturated heterocycles. The second kappa shape index (κ2) is 9.56. The summed E-state index contributed by atoms with van der Waals surface area (Å²) in [6, 6.07) is 23.5. The zero-order valence-electron chi connectivity index (χ0n) is 16.6. The van der Waals surface area contributed by atoms with Gasteiger partial charge in [0.05, 0.1) is 10.9 Å². The van der Waals surface area contributed by atoms with E-state index in [4.69, 9.17) is 9.88 Å². The van der Waals surface area contributed by atoms with Gasteiger partial charge in [0, 0.05) is 6.42 Å². The van der Waals surface area contributed by atoms with Gasteiger partial charge in [0.25, 0.3) is 5.91 Å². The Balaban J connectivity index is 1.58. The van der Waals surface area contributed by atoms with Gasteiger partial charge < -0.3 is 10.1 Å². The smallest absolute Gasteiger partial charge is 0.258 e. The molecule has 3 N–H and O–H groups in total. The largest absolute Gasteiger partial charge is 0.483 e. The number of hydrogen-bond acceptors (Lipinski definition) is 4. The van der Waals surface area contributed by atoms with Crippen LogP contribution in [0.4, 0.5) is 0 Å². The van der Waals surface area contributed by atoms with E-state index in [9.17, 15) is 13.2 Å². The zero-order valence-corrected chi connectivity index (χ0v) is 17.4. The number of benzene rings is 3. The van der Waals surface area contributed by atoms with Gasteiger partial charge in [-0.15, -0.1) is 0 Å². The highest BCUT2D eigenvalue weighted by Crippen LogP contribution is 2.21. The summed E-state index contributed by atoms with van der Waals surface area (Å²) in [5.74, 6) is 0.397. The number of sulfonamides is 1. The molecule has 1 atom stereocenters. The normalized spacial score (nSPS) is 12.2. The van der Waals surface area contributed by atoms with Gasteiger partial charge in [-0.1, -0.05) is 60.7 Å². The van der Waals surface area contributed by atoms with Gasteiger partial charge in [0.15, 0.2) is 6.61 Å². The van der Waals surface area contributed by atoms with Gasteiger partial charge in [-0.25, -0.2) is 13.6 Å². The number of nitrogens with two attached hydrogens (primary N) is 1. The summed E-state index contributed by atoms with van der Waals surface area (Å²) in [5.41, 5.74) is 2.93. The van der Waals surface area contributed by atoms with Crippen molar-refractivity contribution in [1.29, 1.82) is 0 Å².